The molecule has 178 valence electrons. The third kappa shape index (κ3) is 4.74. The van der Waals surface area contributed by atoms with Crippen LogP contribution in [0.4, 0.5) is 10.9 Å². The largest absolute Gasteiger partial charge is 0.470 e. The molecule has 0 radical (unpaired) electrons. The highest BCUT2D eigenvalue weighted by molar-refractivity contribution is 7.14. The number of thiophene rings is 1. The first kappa shape index (κ1) is 22.3. The van der Waals surface area contributed by atoms with Gasteiger partial charge in [-0.25, -0.2) is 4.98 Å². The molecule has 1 saturated heterocycles. The molecule has 0 bridgehead atoms. The van der Waals surface area contributed by atoms with Gasteiger partial charge in [0.15, 0.2) is 0 Å². The maximum Gasteiger partial charge on any atom is 0.252 e. The van der Waals surface area contributed by atoms with Crippen molar-refractivity contribution in [2.75, 3.05) is 38.8 Å². The summed E-state index contributed by atoms with van der Waals surface area (Å²) in [7, 11) is 3.46. The zero-order chi connectivity index (χ0) is 23.5. The molecule has 0 aliphatic carbocycles. The number of ether oxygens (including phenoxy) is 3. The van der Waals surface area contributed by atoms with Crippen molar-refractivity contribution in [1.82, 2.24) is 29.6 Å². The van der Waals surface area contributed by atoms with Crippen LogP contribution >= 0.6 is 11.3 Å². The fraction of sp³-hybridized carbons (Fsp3) is 0.364. The van der Waals surface area contributed by atoms with E-state index >= 15 is 0 Å². The van der Waals surface area contributed by atoms with Gasteiger partial charge in [-0.3, -0.25) is 9.48 Å². The normalized spacial score (nSPS) is 15.6. The first-order valence-corrected chi connectivity index (χ1v) is 11.7. The molecular formula is C22H25N7O4S. The highest BCUT2D eigenvalue weighted by atomic mass is 32.1. The standard InChI is InChI=1S/C22H25N7O4S/c1-28-11-15(10-24-28)29-6-3-17-19(29)21(33-16-4-7-32-12-16)27-22(25-17)26-18-9-14(13-34-18)20(30)23-5-8-31-2/h3,6,9-11,13,16H,4-5,7-8,12H2,1-2H3,(H,23,30)(H,25,26,27)/t16-/m1/s1. The fourth-order valence-corrected chi connectivity index (χ4v) is 4.44. The minimum absolute atomic E-state index is 0.0765. The summed E-state index contributed by atoms with van der Waals surface area (Å²) < 4.78 is 20.4. The van der Waals surface area contributed by atoms with E-state index in [1.165, 1.54) is 11.3 Å². The number of rotatable bonds is 9. The summed E-state index contributed by atoms with van der Waals surface area (Å²) in [4.78, 5) is 21.6. The quantitative estimate of drug-likeness (QED) is 0.349. The van der Waals surface area contributed by atoms with Crippen molar-refractivity contribution in [3.63, 3.8) is 0 Å². The molecule has 4 aromatic heterocycles. The first-order chi connectivity index (χ1) is 16.6. The summed E-state index contributed by atoms with van der Waals surface area (Å²) in [5.74, 6) is 0.695. The van der Waals surface area contributed by atoms with Gasteiger partial charge in [-0.2, -0.15) is 10.1 Å². The van der Waals surface area contributed by atoms with Gasteiger partial charge in [-0.05, 0) is 12.1 Å². The van der Waals surface area contributed by atoms with Crippen LogP contribution in [0.2, 0.25) is 0 Å². The molecule has 4 aromatic rings. The van der Waals surface area contributed by atoms with Crippen LogP contribution < -0.4 is 15.4 Å². The monoisotopic (exact) mass is 483 g/mol. The van der Waals surface area contributed by atoms with Crippen molar-refractivity contribution in [3.8, 4) is 11.6 Å². The van der Waals surface area contributed by atoms with Crippen LogP contribution in [-0.4, -0.2) is 69.8 Å². The Morgan fingerprint density at radius 1 is 1.38 bits per heavy atom. The maximum absolute atomic E-state index is 12.3. The lowest BCUT2D eigenvalue weighted by atomic mass is 10.3. The average Bonchev–Trinajstić information content (AvgIpc) is 3.61. The van der Waals surface area contributed by atoms with Crippen molar-refractivity contribution in [1.29, 1.82) is 0 Å². The third-order valence-electron chi connectivity index (χ3n) is 5.33. The van der Waals surface area contributed by atoms with E-state index in [2.05, 4.69) is 25.7 Å². The van der Waals surface area contributed by atoms with E-state index in [0.717, 1.165) is 28.1 Å². The van der Waals surface area contributed by atoms with Crippen LogP contribution in [0.1, 0.15) is 16.8 Å². The number of aromatic nitrogens is 5. The zero-order valence-corrected chi connectivity index (χ0v) is 19.7. The van der Waals surface area contributed by atoms with E-state index in [9.17, 15) is 4.79 Å². The summed E-state index contributed by atoms with van der Waals surface area (Å²) in [6, 6.07) is 3.68. The van der Waals surface area contributed by atoms with E-state index in [1.54, 1.807) is 29.4 Å². The number of nitrogens with one attached hydrogen (secondary N) is 2. The SMILES string of the molecule is COCCNC(=O)c1csc(Nc2nc(O[C@@H]3CCOC3)c3c(ccn3-c3cnn(C)c3)n2)c1. The van der Waals surface area contributed by atoms with Gasteiger partial charge in [-0.15, -0.1) is 11.3 Å². The van der Waals surface area contributed by atoms with Gasteiger partial charge in [0.1, 0.15) is 11.6 Å². The summed E-state index contributed by atoms with van der Waals surface area (Å²) >= 11 is 1.40. The molecule has 5 heterocycles. The fourth-order valence-electron chi connectivity index (χ4n) is 3.66. The van der Waals surface area contributed by atoms with Gasteiger partial charge in [0.05, 0.1) is 47.8 Å². The van der Waals surface area contributed by atoms with Crippen LogP contribution in [0.15, 0.2) is 36.1 Å². The summed E-state index contributed by atoms with van der Waals surface area (Å²) in [5.41, 5.74) is 2.93. The van der Waals surface area contributed by atoms with Gasteiger partial charge < -0.3 is 29.4 Å². The summed E-state index contributed by atoms with van der Waals surface area (Å²) in [6.45, 7) is 2.10. The van der Waals surface area contributed by atoms with Crippen LogP contribution in [-0.2, 0) is 16.5 Å². The van der Waals surface area contributed by atoms with Crippen LogP contribution in [0.3, 0.4) is 0 Å². The van der Waals surface area contributed by atoms with Crippen molar-refractivity contribution >= 4 is 39.2 Å². The Morgan fingerprint density at radius 3 is 3.06 bits per heavy atom. The Bertz CT molecular complexity index is 1290. The molecule has 11 nitrogen and oxygen atoms in total. The number of carbonyl (C=O) groups is 1. The molecule has 0 saturated carbocycles. The topological polar surface area (TPSA) is 117 Å². The van der Waals surface area contributed by atoms with Crippen LogP contribution in [0.5, 0.6) is 5.88 Å². The van der Waals surface area contributed by atoms with Gasteiger partial charge in [0.2, 0.25) is 11.8 Å². The number of carbonyl (C=O) groups excluding carboxylic acids is 1. The number of fused-ring (bicyclic) bond motifs is 1. The third-order valence-corrected chi connectivity index (χ3v) is 6.17. The zero-order valence-electron chi connectivity index (χ0n) is 18.9. The van der Waals surface area contributed by atoms with E-state index in [4.69, 9.17) is 14.2 Å². The molecule has 5 rings (SSSR count). The number of anilines is 2. The summed E-state index contributed by atoms with van der Waals surface area (Å²) in [5, 5.41) is 12.8. The molecule has 1 fully saturated rings. The minimum atomic E-state index is -0.156. The molecule has 12 heteroatoms. The molecular weight excluding hydrogens is 458 g/mol. The second-order valence-corrected chi connectivity index (χ2v) is 8.73. The molecule has 0 aromatic carbocycles. The number of aryl methyl sites for hydroxylation is 1. The average molecular weight is 484 g/mol. The van der Waals surface area contributed by atoms with Gasteiger partial charge in [0.25, 0.3) is 5.91 Å². The highest BCUT2D eigenvalue weighted by Crippen LogP contribution is 2.31. The lowest BCUT2D eigenvalue weighted by Crippen LogP contribution is -2.26. The van der Waals surface area contributed by atoms with Gasteiger partial charge in [0, 0.05) is 44.9 Å². The lowest BCUT2D eigenvalue weighted by Gasteiger charge is -2.14. The highest BCUT2D eigenvalue weighted by Gasteiger charge is 2.22. The number of methoxy groups -OCH3 is 1. The lowest BCUT2D eigenvalue weighted by molar-refractivity contribution is 0.0937. The first-order valence-electron chi connectivity index (χ1n) is 10.9. The smallest absolute Gasteiger partial charge is 0.252 e. The number of nitrogens with zero attached hydrogens (tertiary/aromatic N) is 5. The second kappa shape index (κ2) is 9.79. The number of hydrogen-bond acceptors (Lipinski definition) is 9. The van der Waals surface area contributed by atoms with Crippen molar-refractivity contribution in [2.45, 2.75) is 12.5 Å². The molecule has 1 atom stereocenters. The minimum Gasteiger partial charge on any atom is -0.470 e. The van der Waals surface area contributed by atoms with Gasteiger partial charge in [-0.1, -0.05) is 0 Å². The van der Waals surface area contributed by atoms with Crippen LogP contribution in [0, 0.1) is 0 Å². The molecule has 0 unspecified atom stereocenters. The predicted molar refractivity (Wildman–Crippen MR) is 127 cm³/mol. The summed E-state index contributed by atoms with van der Waals surface area (Å²) in [6.07, 6.45) is 6.34. The molecule has 1 aliphatic heterocycles. The molecule has 34 heavy (non-hydrogen) atoms. The van der Waals surface area contributed by atoms with E-state index < -0.39 is 0 Å². The van der Waals surface area contributed by atoms with Crippen molar-refractivity contribution in [2.24, 2.45) is 7.05 Å². The molecule has 0 spiro atoms. The Kier molecular flexibility index (Phi) is 6.43. The molecule has 1 amide bonds. The maximum atomic E-state index is 12.3. The van der Waals surface area contributed by atoms with Gasteiger partial charge >= 0.3 is 0 Å². The Labute approximate surface area is 199 Å². The number of hydrogen-bond donors (Lipinski definition) is 2. The second-order valence-electron chi connectivity index (χ2n) is 7.82. The predicted octanol–water partition coefficient (Wildman–Crippen LogP) is 2.50. The molecule has 2 N–H and O–H groups in total. The Morgan fingerprint density at radius 2 is 2.29 bits per heavy atom. The van der Waals surface area contributed by atoms with Crippen molar-refractivity contribution < 1.29 is 19.0 Å². The van der Waals surface area contributed by atoms with E-state index in [-0.39, 0.29) is 12.0 Å². The number of amides is 1. The Balaban J connectivity index is 1.43. The van der Waals surface area contributed by atoms with E-state index in [1.807, 2.05) is 30.1 Å². The van der Waals surface area contributed by atoms with Crippen molar-refractivity contribution in [3.05, 3.63) is 41.7 Å². The molecule has 1 aliphatic rings. The van der Waals surface area contributed by atoms with E-state index in [0.29, 0.717) is 43.8 Å². The Hall–Kier alpha value is -3.48. The van der Waals surface area contributed by atoms with Crippen LogP contribution in [0.25, 0.3) is 16.7 Å².